The summed E-state index contributed by atoms with van der Waals surface area (Å²) in [4.78, 5) is 0. The van der Waals surface area contributed by atoms with Crippen LogP contribution in [0.1, 0.15) is 5.76 Å². The minimum Gasteiger partial charge on any atom is -0.508 e. The molecule has 1 N–H and O–H groups in total. The van der Waals surface area contributed by atoms with E-state index in [0.29, 0.717) is 12.4 Å². The first-order chi connectivity index (χ1) is 7.23. The molecule has 4 heteroatoms. The average Bonchev–Trinajstić information content (AvgIpc) is 2.93. The molecule has 0 bridgehead atoms. The number of rotatable bonds is 2. The Hall–Kier alpha value is -1.52. The van der Waals surface area contributed by atoms with E-state index >= 15 is 0 Å². The number of phenolic OH excluding ortho intramolecular Hbond substituents is 1. The van der Waals surface area contributed by atoms with Crippen molar-refractivity contribution in [2.24, 2.45) is 0 Å². The monoisotopic (exact) mass is 206 g/mol. The zero-order chi connectivity index (χ0) is 10.5. The van der Waals surface area contributed by atoms with E-state index < -0.39 is 5.79 Å². The summed E-state index contributed by atoms with van der Waals surface area (Å²) in [6.07, 6.45) is 0. The number of ether oxygens (including phenoxy) is 2. The lowest BCUT2D eigenvalue weighted by Crippen LogP contribution is -2.09. The molecule has 2 heterocycles. The van der Waals surface area contributed by atoms with E-state index in [-0.39, 0.29) is 5.75 Å². The fourth-order valence-electron chi connectivity index (χ4n) is 1.64. The van der Waals surface area contributed by atoms with Crippen molar-refractivity contribution in [3.8, 4) is 5.75 Å². The molecule has 0 amide bonds. The standard InChI is InChI=1S/C11H10O4/c1-13-11(6-14-11)10-5-7-4-8(12)2-3-9(7)15-10/h2-5,12H,6H2,1H3. The Morgan fingerprint density at radius 1 is 1.40 bits per heavy atom. The predicted octanol–water partition coefficient (Wildman–Crippen LogP) is 1.97. The molecule has 1 unspecified atom stereocenters. The molecule has 1 aliphatic heterocycles. The third-order valence-electron chi connectivity index (χ3n) is 2.61. The second-order valence-electron chi connectivity index (χ2n) is 3.58. The molecule has 1 aliphatic rings. The average molecular weight is 206 g/mol. The normalized spacial score (nSPS) is 24.6. The zero-order valence-corrected chi connectivity index (χ0v) is 8.19. The third-order valence-corrected chi connectivity index (χ3v) is 2.61. The lowest BCUT2D eigenvalue weighted by Gasteiger charge is -2.03. The van der Waals surface area contributed by atoms with Gasteiger partial charge in [0.15, 0.2) is 5.76 Å². The number of epoxide rings is 1. The minimum absolute atomic E-state index is 0.220. The van der Waals surface area contributed by atoms with Crippen molar-refractivity contribution in [2.75, 3.05) is 13.7 Å². The molecule has 1 saturated heterocycles. The lowest BCUT2D eigenvalue weighted by atomic mass is 10.2. The number of hydrogen-bond donors (Lipinski definition) is 1. The summed E-state index contributed by atoms with van der Waals surface area (Å²) in [5, 5.41) is 10.2. The van der Waals surface area contributed by atoms with Crippen LogP contribution in [0.2, 0.25) is 0 Å². The summed E-state index contributed by atoms with van der Waals surface area (Å²) >= 11 is 0. The van der Waals surface area contributed by atoms with Gasteiger partial charge in [0.1, 0.15) is 17.9 Å². The Kier molecular flexibility index (Phi) is 1.60. The van der Waals surface area contributed by atoms with E-state index in [1.165, 1.54) is 0 Å². The maximum atomic E-state index is 9.31. The van der Waals surface area contributed by atoms with E-state index in [2.05, 4.69) is 0 Å². The topological polar surface area (TPSA) is 55.1 Å². The van der Waals surface area contributed by atoms with Gasteiger partial charge in [-0.1, -0.05) is 0 Å². The van der Waals surface area contributed by atoms with Gasteiger partial charge in [-0.25, -0.2) is 0 Å². The second-order valence-corrected chi connectivity index (χ2v) is 3.58. The Labute approximate surface area is 86.0 Å². The lowest BCUT2D eigenvalue weighted by molar-refractivity contribution is -0.0288. The van der Waals surface area contributed by atoms with Crippen molar-refractivity contribution in [2.45, 2.75) is 5.79 Å². The van der Waals surface area contributed by atoms with Gasteiger partial charge in [-0.05, 0) is 24.3 Å². The van der Waals surface area contributed by atoms with Crippen molar-refractivity contribution in [3.63, 3.8) is 0 Å². The molecule has 78 valence electrons. The number of methoxy groups -OCH3 is 1. The van der Waals surface area contributed by atoms with E-state index in [1.54, 1.807) is 25.3 Å². The highest BCUT2D eigenvalue weighted by molar-refractivity contribution is 5.79. The van der Waals surface area contributed by atoms with Gasteiger partial charge in [0.2, 0.25) is 0 Å². The van der Waals surface area contributed by atoms with Crippen molar-refractivity contribution >= 4 is 11.0 Å². The van der Waals surface area contributed by atoms with Crippen LogP contribution in [0.3, 0.4) is 0 Å². The first-order valence-corrected chi connectivity index (χ1v) is 4.66. The van der Waals surface area contributed by atoms with Gasteiger partial charge in [-0.3, -0.25) is 0 Å². The number of phenols is 1. The van der Waals surface area contributed by atoms with E-state index in [0.717, 1.165) is 11.0 Å². The highest BCUT2D eigenvalue weighted by atomic mass is 16.8. The van der Waals surface area contributed by atoms with Gasteiger partial charge in [0, 0.05) is 12.5 Å². The van der Waals surface area contributed by atoms with Crippen LogP contribution in [0, 0.1) is 0 Å². The van der Waals surface area contributed by atoms with Crippen LogP contribution in [-0.4, -0.2) is 18.8 Å². The number of furan rings is 1. The van der Waals surface area contributed by atoms with Crippen molar-refractivity contribution in [1.82, 2.24) is 0 Å². The highest BCUT2D eigenvalue weighted by Gasteiger charge is 2.50. The van der Waals surface area contributed by atoms with Gasteiger partial charge in [0.25, 0.3) is 5.79 Å². The quantitative estimate of drug-likeness (QED) is 0.763. The van der Waals surface area contributed by atoms with Gasteiger partial charge >= 0.3 is 0 Å². The number of benzene rings is 1. The van der Waals surface area contributed by atoms with Crippen molar-refractivity contribution < 1.29 is 19.0 Å². The fourth-order valence-corrected chi connectivity index (χ4v) is 1.64. The number of fused-ring (bicyclic) bond motifs is 1. The predicted molar refractivity (Wildman–Crippen MR) is 52.5 cm³/mol. The van der Waals surface area contributed by atoms with Crippen molar-refractivity contribution in [3.05, 3.63) is 30.0 Å². The molecule has 1 aromatic heterocycles. The summed E-state index contributed by atoms with van der Waals surface area (Å²) in [6, 6.07) is 6.78. The van der Waals surface area contributed by atoms with E-state index in [1.807, 2.05) is 6.07 Å². The molecule has 4 nitrogen and oxygen atoms in total. The van der Waals surface area contributed by atoms with Crippen LogP contribution in [-0.2, 0) is 15.3 Å². The van der Waals surface area contributed by atoms with Crippen LogP contribution in [0.4, 0.5) is 0 Å². The first-order valence-electron chi connectivity index (χ1n) is 4.66. The third kappa shape index (κ3) is 1.22. The molecule has 1 atom stereocenters. The minimum atomic E-state index is -0.700. The van der Waals surface area contributed by atoms with E-state index in [9.17, 15) is 5.11 Å². The fraction of sp³-hybridized carbons (Fsp3) is 0.273. The molecule has 2 aromatic rings. The Morgan fingerprint density at radius 2 is 2.20 bits per heavy atom. The molecule has 1 fully saturated rings. The zero-order valence-electron chi connectivity index (χ0n) is 8.19. The Morgan fingerprint density at radius 3 is 2.87 bits per heavy atom. The molecule has 0 saturated carbocycles. The van der Waals surface area contributed by atoms with Gasteiger partial charge in [-0.2, -0.15) is 0 Å². The molecule has 0 aliphatic carbocycles. The molecule has 3 rings (SSSR count). The highest BCUT2D eigenvalue weighted by Crippen LogP contribution is 2.41. The van der Waals surface area contributed by atoms with Crippen LogP contribution in [0.25, 0.3) is 11.0 Å². The van der Waals surface area contributed by atoms with Gasteiger partial charge in [0.05, 0.1) is 0 Å². The number of hydrogen-bond acceptors (Lipinski definition) is 4. The molecule has 0 radical (unpaired) electrons. The van der Waals surface area contributed by atoms with E-state index in [4.69, 9.17) is 13.9 Å². The summed E-state index contributed by atoms with van der Waals surface area (Å²) in [5.74, 6) is 0.165. The molecule has 15 heavy (non-hydrogen) atoms. The largest absolute Gasteiger partial charge is 0.508 e. The number of aromatic hydroxyl groups is 1. The maximum absolute atomic E-state index is 9.31. The summed E-state index contributed by atoms with van der Waals surface area (Å²) in [6.45, 7) is 0.509. The maximum Gasteiger partial charge on any atom is 0.252 e. The van der Waals surface area contributed by atoms with Crippen LogP contribution in [0.5, 0.6) is 5.75 Å². The molecule has 0 spiro atoms. The molecular weight excluding hydrogens is 196 g/mol. The van der Waals surface area contributed by atoms with Crippen LogP contribution in [0.15, 0.2) is 28.7 Å². The molecular formula is C11H10O4. The molecule has 1 aromatic carbocycles. The Balaban J connectivity index is 2.14. The van der Waals surface area contributed by atoms with Crippen LogP contribution >= 0.6 is 0 Å². The first kappa shape index (κ1) is 8.76. The summed E-state index contributed by atoms with van der Waals surface area (Å²) in [5.41, 5.74) is 0.717. The van der Waals surface area contributed by atoms with Gasteiger partial charge < -0.3 is 19.0 Å². The van der Waals surface area contributed by atoms with Crippen molar-refractivity contribution in [1.29, 1.82) is 0 Å². The van der Waals surface area contributed by atoms with Gasteiger partial charge in [-0.15, -0.1) is 0 Å². The Bertz CT molecular complexity index is 510. The smallest absolute Gasteiger partial charge is 0.252 e. The summed E-state index contributed by atoms with van der Waals surface area (Å²) in [7, 11) is 1.58. The van der Waals surface area contributed by atoms with Crippen LogP contribution < -0.4 is 0 Å². The SMILES string of the molecule is COC1(c2cc3cc(O)ccc3o2)CO1. The second kappa shape index (κ2) is 2.74. The summed E-state index contributed by atoms with van der Waals surface area (Å²) < 4.78 is 16.0.